The largest absolute Gasteiger partial charge is 0.392 e. The molecule has 1 aromatic rings. The highest BCUT2D eigenvalue weighted by molar-refractivity contribution is 5.94. The summed E-state index contributed by atoms with van der Waals surface area (Å²) < 4.78 is 0. The van der Waals surface area contributed by atoms with E-state index in [9.17, 15) is 4.79 Å². The summed E-state index contributed by atoms with van der Waals surface area (Å²) in [6.07, 6.45) is 2.89. The molecule has 1 unspecified atom stereocenters. The highest BCUT2D eigenvalue weighted by Gasteiger charge is 2.13. The third kappa shape index (κ3) is 2.42. The summed E-state index contributed by atoms with van der Waals surface area (Å²) in [6, 6.07) is 5.88. The summed E-state index contributed by atoms with van der Waals surface area (Å²) in [5.74, 6) is -0.101. The van der Waals surface area contributed by atoms with Crippen LogP contribution >= 0.6 is 0 Å². The monoisotopic (exact) mass is 219 g/mol. The van der Waals surface area contributed by atoms with Crippen molar-refractivity contribution in [2.45, 2.75) is 32.3 Å². The van der Waals surface area contributed by atoms with E-state index in [1.807, 2.05) is 18.2 Å². The van der Waals surface area contributed by atoms with Crippen LogP contribution in [0.4, 0.5) is 0 Å². The molecule has 0 saturated carbocycles. The molecule has 16 heavy (non-hydrogen) atoms. The van der Waals surface area contributed by atoms with Crippen LogP contribution in [0, 0.1) is 0 Å². The Balaban J connectivity index is 2.06. The number of amides is 1. The molecule has 0 aromatic heterocycles. The molecule has 0 saturated heterocycles. The lowest BCUT2D eigenvalue weighted by atomic mass is 10.1. The van der Waals surface area contributed by atoms with Crippen LogP contribution in [0.15, 0.2) is 18.2 Å². The van der Waals surface area contributed by atoms with E-state index >= 15 is 0 Å². The average molecular weight is 219 g/mol. The lowest BCUT2D eigenvalue weighted by Crippen LogP contribution is -2.30. The topological polar surface area (TPSA) is 49.3 Å². The van der Waals surface area contributed by atoms with Crippen LogP contribution in [0.3, 0.4) is 0 Å². The minimum atomic E-state index is -0.502. The van der Waals surface area contributed by atoms with Gasteiger partial charge in [0, 0.05) is 12.1 Å². The van der Waals surface area contributed by atoms with Crippen LogP contribution in [-0.4, -0.2) is 23.7 Å². The lowest BCUT2D eigenvalue weighted by Gasteiger charge is -2.08. The molecule has 3 nitrogen and oxygen atoms in total. The maximum atomic E-state index is 11.7. The molecule has 1 aliphatic rings. The van der Waals surface area contributed by atoms with Gasteiger partial charge in [0.05, 0.1) is 6.10 Å². The Morgan fingerprint density at radius 3 is 2.94 bits per heavy atom. The van der Waals surface area contributed by atoms with Crippen LogP contribution in [-0.2, 0) is 12.8 Å². The fourth-order valence-electron chi connectivity index (χ4n) is 2.06. The molecule has 0 fully saturated rings. The maximum absolute atomic E-state index is 11.7. The van der Waals surface area contributed by atoms with Crippen LogP contribution in [0.2, 0.25) is 0 Å². The van der Waals surface area contributed by atoms with Crippen molar-refractivity contribution < 1.29 is 9.90 Å². The summed E-state index contributed by atoms with van der Waals surface area (Å²) in [7, 11) is 0. The highest BCUT2D eigenvalue weighted by Crippen LogP contribution is 2.22. The van der Waals surface area contributed by atoms with Crippen molar-refractivity contribution in [1.82, 2.24) is 5.32 Å². The molecule has 2 N–H and O–H groups in total. The maximum Gasteiger partial charge on any atom is 0.251 e. The van der Waals surface area contributed by atoms with Crippen molar-refractivity contribution in [3.05, 3.63) is 34.9 Å². The van der Waals surface area contributed by atoms with Gasteiger partial charge in [-0.25, -0.2) is 0 Å². The van der Waals surface area contributed by atoms with E-state index in [4.69, 9.17) is 5.11 Å². The molecular formula is C13H17NO2. The summed E-state index contributed by atoms with van der Waals surface area (Å²) in [6.45, 7) is 1.96. The molecule has 1 amide bonds. The van der Waals surface area contributed by atoms with Crippen LogP contribution in [0.1, 0.15) is 34.8 Å². The molecular weight excluding hydrogens is 202 g/mol. The van der Waals surface area contributed by atoms with Gasteiger partial charge in [-0.05, 0) is 49.4 Å². The molecule has 0 bridgehead atoms. The summed E-state index contributed by atoms with van der Waals surface area (Å²) in [4.78, 5) is 11.7. The first-order chi connectivity index (χ1) is 7.66. The molecule has 0 radical (unpaired) electrons. The van der Waals surface area contributed by atoms with Gasteiger partial charge in [-0.1, -0.05) is 6.07 Å². The number of aliphatic hydroxyl groups is 1. The summed E-state index contributed by atoms with van der Waals surface area (Å²) in [5.41, 5.74) is 3.36. The van der Waals surface area contributed by atoms with Crippen molar-refractivity contribution in [3.8, 4) is 0 Å². The zero-order valence-electron chi connectivity index (χ0n) is 9.49. The Morgan fingerprint density at radius 1 is 1.44 bits per heavy atom. The molecule has 0 spiro atoms. The van der Waals surface area contributed by atoms with Crippen molar-refractivity contribution in [2.24, 2.45) is 0 Å². The predicted molar refractivity (Wildman–Crippen MR) is 62.5 cm³/mol. The van der Waals surface area contributed by atoms with E-state index in [1.54, 1.807) is 6.92 Å². The van der Waals surface area contributed by atoms with Gasteiger partial charge in [0.25, 0.3) is 5.91 Å². The Labute approximate surface area is 95.5 Å². The molecule has 2 rings (SSSR count). The molecule has 1 atom stereocenters. The number of benzene rings is 1. The van der Waals surface area contributed by atoms with E-state index < -0.39 is 6.10 Å². The zero-order chi connectivity index (χ0) is 11.5. The number of carbonyl (C=O) groups excluding carboxylic acids is 1. The van der Waals surface area contributed by atoms with Crippen molar-refractivity contribution >= 4 is 5.91 Å². The Kier molecular flexibility index (Phi) is 3.25. The Hall–Kier alpha value is -1.35. The number of nitrogens with one attached hydrogen (secondary N) is 1. The number of rotatable bonds is 3. The number of aryl methyl sites for hydroxylation is 2. The summed E-state index contributed by atoms with van der Waals surface area (Å²) in [5, 5.41) is 11.8. The van der Waals surface area contributed by atoms with Crippen LogP contribution in [0.25, 0.3) is 0 Å². The van der Waals surface area contributed by atoms with Crippen molar-refractivity contribution in [3.63, 3.8) is 0 Å². The smallest absolute Gasteiger partial charge is 0.251 e. The standard InChI is InChI=1S/C13H17NO2/c1-9(15)8-14-13(16)12-6-5-10-3-2-4-11(10)7-12/h5-7,9,15H,2-4,8H2,1H3,(H,14,16). The molecule has 86 valence electrons. The van der Waals surface area contributed by atoms with Gasteiger partial charge in [0.15, 0.2) is 0 Å². The van der Waals surface area contributed by atoms with Gasteiger partial charge >= 0.3 is 0 Å². The fraction of sp³-hybridized carbons (Fsp3) is 0.462. The van der Waals surface area contributed by atoms with Gasteiger partial charge in [-0.15, -0.1) is 0 Å². The third-order valence-corrected chi connectivity index (χ3v) is 2.92. The van der Waals surface area contributed by atoms with E-state index in [-0.39, 0.29) is 5.91 Å². The van der Waals surface area contributed by atoms with Gasteiger partial charge in [-0.2, -0.15) is 0 Å². The first-order valence-corrected chi connectivity index (χ1v) is 5.75. The van der Waals surface area contributed by atoms with E-state index in [0.29, 0.717) is 12.1 Å². The SMILES string of the molecule is CC(O)CNC(=O)c1ccc2c(c1)CCC2. The fourth-order valence-corrected chi connectivity index (χ4v) is 2.06. The Morgan fingerprint density at radius 2 is 2.19 bits per heavy atom. The minimum Gasteiger partial charge on any atom is -0.392 e. The molecule has 3 heteroatoms. The number of hydrogen-bond donors (Lipinski definition) is 2. The number of carbonyl (C=O) groups is 1. The average Bonchev–Trinajstić information content (AvgIpc) is 2.72. The minimum absolute atomic E-state index is 0.101. The lowest BCUT2D eigenvalue weighted by molar-refractivity contribution is 0.0924. The Bertz CT molecular complexity index is 399. The van der Waals surface area contributed by atoms with Crippen molar-refractivity contribution in [2.75, 3.05) is 6.54 Å². The third-order valence-electron chi connectivity index (χ3n) is 2.92. The quantitative estimate of drug-likeness (QED) is 0.804. The normalized spacial score (nSPS) is 15.6. The second-order valence-corrected chi connectivity index (χ2v) is 4.40. The summed E-state index contributed by atoms with van der Waals surface area (Å²) >= 11 is 0. The second kappa shape index (κ2) is 4.66. The molecule has 1 aromatic carbocycles. The van der Waals surface area contributed by atoms with Gasteiger partial charge in [-0.3, -0.25) is 4.79 Å². The van der Waals surface area contributed by atoms with Crippen LogP contribution < -0.4 is 5.32 Å². The number of aliphatic hydroxyl groups excluding tert-OH is 1. The highest BCUT2D eigenvalue weighted by atomic mass is 16.3. The molecule has 0 aliphatic heterocycles. The second-order valence-electron chi connectivity index (χ2n) is 4.40. The first-order valence-electron chi connectivity index (χ1n) is 5.75. The molecule has 1 aliphatic carbocycles. The van der Waals surface area contributed by atoms with Gasteiger partial charge in [0.2, 0.25) is 0 Å². The van der Waals surface area contributed by atoms with Gasteiger partial charge in [0.1, 0.15) is 0 Å². The predicted octanol–water partition coefficient (Wildman–Crippen LogP) is 1.29. The van der Waals surface area contributed by atoms with E-state index in [0.717, 1.165) is 12.8 Å². The number of fused-ring (bicyclic) bond motifs is 1. The van der Waals surface area contributed by atoms with Crippen LogP contribution in [0.5, 0.6) is 0 Å². The first kappa shape index (κ1) is 11.1. The van der Waals surface area contributed by atoms with Crippen molar-refractivity contribution in [1.29, 1.82) is 0 Å². The van der Waals surface area contributed by atoms with Gasteiger partial charge < -0.3 is 10.4 Å². The molecule has 0 heterocycles. The van der Waals surface area contributed by atoms with E-state index in [1.165, 1.54) is 17.5 Å². The zero-order valence-corrected chi connectivity index (χ0v) is 9.49. The van der Waals surface area contributed by atoms with E-state index in [2.05, 4.69) is 5.32 Å². The number of hydrogen-bond acceptors (Lipinski definition) is 2.